The van der Waals surface area contributed by atoms with Gasteiger partial charge in [0.15, 0.2) is 11.5 Å². The highest BCUT2D eigenvalue weighted by molar-refractivity contribution is 5.70. The molecule has 5 heterocycles. The number of fused-ring (bicyclic) bond motifs is 2. The van der Waals surface area contributed by atoms with E-state index in [4.69, 9.17) is 9.97 Å². The third-order valence-electron chi connectivity index (χ3n) is 6.07. The molecule has 8 heteroatoms. The third kappa shape index (κ3) is 3.89. The summed E-state index contributed by atoms with van der Waals surface area (Å²) in [4.78, 5) is 16.0. The van der Waals surface area contributed by atoms with Crippen molar-refractivity contribution in [3.63, 3.8) is 0 Å². The number of anilines is 1. The van der Waals surface area contributed by atoms with E-state index in [1.807, 2.05) is 79.3 Å². The minimum Gasteiger partial charge on any atom is -0.368 e. The predicted molar refractivity (Wildman–Crippen MR) is 133 cm³/mol. The zero-order valence-corrected chi connectivity index (χ0v) is 19.9. The van der Waals surface area contributed by atoms with Crippen LogP contribution in [0, 0.1) is 13.8 Å². The SMILES string of the molecule is CC.Cc1ncc(C)n2nc(-c3ccn4cc(-c5cccc(N6CC[C@H](F)C6)c5)nc4c3)nc12. The lowest BCUT2D eigenvalue weighted by atomic mass is 10.1. The molecule has 1 saturated heterocycles. The summed E-state index contributed by atoms with van der Waals surface area (Å²) in [6.07, 6.45) is 5.63. The van der Waals surface area contributed by atoms with E-state index in [1.54, 1.807) is 6.20 Å². The van der Waals surface area contributed by atoms with Crippen molar-refractivity contribution in [2.75, 3.05) is 18.0 Å². The Morgan fingerprint density at radius 3 is 2.65 bits per heavy atom. The van der Waals surface area contributed by atoms with E-state index in [-0.39, 0.29) is 0 Å². The molecule has 4 aromatic heterocycles. The van der Waals surface area contributed by atoms with E-state index in [9.17, 15) is 4.39 Å². The van der Waals surface area contributed by atoms with Gasteiger partial charge in [-0.3, -0.25) is 4.98 Å². The molecule has 0 aliphatic carbocycles. The first-order valence-corrected chi connectivity index (χ1v) is 11.7. The highest BCUT2D eigenvalue weighted by Crippen LogP contribution is 2.28. The Hall–Kier alpha value is -3.81. The Labute approximate surface area is 197 Å². The summed E-state index contributed by atoms with van der Waals surface area (Å²) in [6.45, 7) is 9.10. The minimum atomic E-state index is -0.746. The van der Waals surface area contributed by atoms with Gasteiger partial charge in [-0.05, 0) is 44.5 Å². The lowest BCUT2D eigenvalue weighted by Crippen LogP contribution is -2.19. The smallest absolute Gasteiger partial charge is 0.182 e. The van der Waals surface area contributed by atoms with E-state index in [1.165, 1.54) is 0 Å². The van der Waals surface area contributed by atoms with Gasteiger partial charge >= 0.3 is 0 Å². The molecule has 1 aromatic carbocycles. The molecular formula is C26H28FN7. The summed E-state index contributed by atoms with van der Waals surface area (Å²) < 4.78 is 17.5. The maximum atomic E-state index is 13.6. The first kappa shape index (κ1) is 22.0. The van der Waals surface area contributed by atoms with Crippen molar-refractivity contribution in [2.45, 2.75) is 40.3 Å². The van der Waals surface area contributed by atoms with Gasteiger partial charge in [-0.1, -0.05) is 26.0 Å². The molecule has 1 atom stereocenters. The van der Waals surface area contributed by atoms with Crippen LogP contribution in [0.4, 0.5) is 10.1 Å². The monoisotopic (exact) mass is 457 g/mol. The average Bonchev–Trinajstić information content (AvgIpc) is 3.60. The van der Waals surface area contributed by atoms with Gasteiger partial charge in [0.05, 0.1) is 17.1 Å². The van der Waals surface area contributed by atoms with E-state index < -0.39 is 6.17 Å². The molecule has 0 bridgehead atoms. The highest BCUT2D eigenvalue weighted by atomic mass is 19.1. The standard InChI is InChI=1S/C24H22FN7.C2H6/c1-15-12-26-16(2)24-28-23(29-32(15)24)18-6-8-31-14-21(27-22(31)11-18)17-4-3-5-20(10-17)30-9-7-19(25)13-30;1-2/h3-6,8,10-12,14,19H,7,9,13H2,1-2H3;1-2H3/t19-;/m0./s1. The second kappa shape index (κ2) is 8.85. The van der Waals surface area contributed by atoms with Gasteiger partial charge in [0.1, 0.15) is 11.8 Å². The number of imidazole rings is 1. The van der Waals surface area contributed by atoms with Crippen molar-refractivity contribution < 1.29 is 4.39 Å². The summed E-state index contributed by atoms with van der Waals surface area (Å²) in [5.41, 5.74) is 7.18. The molecule has 0 N–H and O–H groups in total. The van der Waals surface area contributed by atoms with Crippen LogP contribution in [-0.2, 0) is 0 Å². The Balaban J connectivity index is 0.00000117. The second-order valence-electron chi connectivity index (χ2n) is 8.35. The zero-order valence-electron chi connectivity index (χ0n) is 19.9. The summed E-state index contributed by atoms with van der Waals surface area (Å²) >= 11 is 0. The van der Waals surface area contributed by atoms with Gasteiger partial charge in [0.2, 0.25) is 0 Å². The molecule has 0 spiro atoms. The van der Waals surface area contributed by atoms with Crippen molar-refractivity contribution in [3.05, 3.63) is 66.4 Å². The molecule has 0 radical (unpaired) electrons. The number of benzene rings is 1. The molecular weight excluding hydrogens is 429 g/mol. The van der Waals surface area contributed by atoms with Gasteiger partial charge < -0.3 is 9.30 Å². The van der Waals surface area contributed by atoms with E-state index >= 15 is 0 Å². The molecule has 0 unspecified atom stereocenters. The van der Waals surface area contributed by atoms with Crippen LogP contribution in [0.1, 0.15) is 31.7 Å². The van der Waals surface area contributed by atoms with E-state index in [0.29, 0.717) is 18.8 Å². The van der Waals surface area contributed by atoms with Gasteiger partial charge in [-0.25, -0.2) is 18.9 Å². The maximum Gasteiger partial charge on any atom is 0.182 e. The molecule has 1 aliphatic rings. The lowest BCUT2D eigenvalue weighted by molar-refractivity contribution is 0.364. The van der Waals surface area contributed by atoms with Crippen molar-refractivity contribution in [3.8, 4) is 22.6 Å². The maximum absolute atomic E-state index is 13.6. The topological polar surface area (TPSA) is 63.6 Å². The fraction of sp³-hybridized carbons (Fsp3) is 0.308. The number of alkyl halides is 1. The first-order valence-electron chi connectivity index (χ1n) is 11.7. The van der Waals surface area contributed by atoms with Gasteiger partial charge in [0.25, 0.3) is 0 Å². The fourth-order valence-electron chi connectivity index (χ4n) is 4.29. The number of rotatable bonds is 3. The Morgan fingerprint density at radius 1 is 1.03 bits per heavy atom. The number of halogens is 1. The summed E-state index contributed by atoms with van der Waals surface area (Å²) in [5.74, 6) is 0.646. The van der Waals surface area contributed by atoms with Crippen molar-refractivity contribution >= 4 is 17.0 Å². The highest BCUT2D eigenvalue weighted by Gasteiger charge is 2.22. The molecule has 174 valence electrons. The van der Waals surface area contributed by atoms with Crippen molar-refractivity contribution in [2.24, 2.45) is 0 Å². The molecule has 5 aromatic rings. The molecule has 1 fully saturated rings. The number of hydrogen-bond acceptors (Lipinski definition) is 5. The van der Waals surface area contributed by atoms with Crippen LogP contribution in [0.15, 0.2) is 55.0 Å². The average molecular weight is 458 g/mol. The number of pyridine rings is 1. The van der Waals surface area contributed by atoms with E-state index in [0.717, 1.165) is 51.7 Å². The van der Waals surface area contributed by atoms with Crippen LogP contribution in [-0.4, -0.2) is 48.2 Å². The van der Waals surface area contributed by atoms with Gasteiger partial charge in [0, 0.05) is 48.5 Å². The Kier molecular flexibility index (Phi) is 5.73. The summed E-state index contributed by atoms with van der Waals surface area (Å²) in [5, 5.41) is 4.67. The largest absolute Gasteiger partial charge is 0.368 e. The van der Waals surface area contributed by atoms with Crippen LogP contribution in [0.2, 0.25) is 0 Å². The quantitative estimate of drug-likeness (QED) is 0.368. The summed E-state index contributed by atoms with van der Waals surface area (Å²) in [7, 11) is 0. The van der Waals surface area contributed by atoms with Crippen LogP contribution >= 0.6 is 0 Å². The third-order valence-corrected chi connectivity index (χ3v) is 6.07. The molecule has 0 saturated carbocycles. The van der Waals surface area contributed by atoms with Crippen LogP contribution in [0.5, 0.6) is 0 Å². The van der Waals surface area contributed by atoms with Gasteiger partial charge in [-0.15, -0.1) is 5.10 Å². The fourth-order valence-corrected chi connectivity index (χ4v) is 4.29. The minimum absolute atomic E-state index is 0.457. The van der Waals surface area contributed by atoms with Crippen LogP contribution in [0.3, 0.4) is 0 Å². The number of aromatic nitrogens is 6. The Morgan fingerprint density at radius 2 is 1.88 bits per heavy atom. The van der Waals surface area contributed by atoms with Crippen LogP contribution in [0.25, 0.3) is 33.9 Å². The Bertz CT molecular complexity index is 1430. The molecule has 34 heavy (non-hydrogen) atoms. The second-order valence-corrected chi connectivity index (χ2v) is 8.35. The number of aryl methyl sites for hydroxylation is 2. The molecule has 1 aliphatic heterocycles. The predicted octanol–water partition coefficient (Wildman–Crippen LogP) is 5.30. The van der Waals surface area contributed by atoms with E-state index in [2.05, 4.69) is 21.0 Å². The number of nitrogens with zero attached hydrogens (tertiary/aromatic N) is 7. The first-order chi connectivity index (χ1) is 16.5. The van der Waals surface area contributed by atoms with Gasteiger partial charge in [-0.2, -0.15) is 0 Å². The molecule has 6 rings (SSSR count). The number of hydrogen-bond donors (Lipinski definition) is 0. The molecule has 0 amide bonds. The van der Waals surface area contributed by atoms with Crippen LogP contribution < -0.4 is 4.90 Å². The zero-order chi connectivity index (χ0) is 23.8. The van der Waals surface area contributed by atoms with Crippen molar-refractivity contribution in [1.82, 2.24) is 29.0 Å². The molecule has 7 nitrogen and oxygen atoms in total. The van der Waals surface area contributed by atoms with Crippen molar-refractivity contribution in [1.29, 1.82) is 0 Å². The lowest BCUT2D eigenvalue weighted by Gasteiger charge is -2.18. The normalized spacial score (nSPS) is 15.7. The summed E-state index contributed by atoms with van der Waals surface area (Å²) in [6, 6.07) is 12.1.